The van der Waals surface area contributed by atoms with Gasteiger partial charge in [-0.25, -0.2) is 0 Å². The van der Waals surface area contributed by atoms with E-state index in [4.69, 9.17) is 17.3 Å². The van der Waals surface area contributed by atoms with E-state index in [2.05, 4.69) is 10.2 Å². The van der Waals surface area contributed by atoms with Crippen LogP contribution >= 0.6 is 11.6 Å². The van der Waals surface area contributed by atoms with Gasteiger partial charge in [0.05, 0.1) is 16.2 Å². The third-order valence-electron chi connectivity index (χ3n) is 2.14. The van der Waals surface area contributed by atoms with Gasteiger partial charge < -0.3 is 5.73 Å². The maximum atomic E-state index is 6.04. The summed E-state index contributed by atoms with van der Waals surface area (Å²) < 4.78 is 0. The number of rotatable bonds is 1. The highest BCUT2D eigenvalue weighted by molar-refractivity contribution is 6.35. The van der Waals surface area contributed by atoms with Gasteiger partial charge in [-0.05, 0) is 18.6 Å². The van der Waals surface area contributed by atoms with E-state index in [0.717, 1.165) is 22.2 Å². The summed E-state index contributed by atoms with van der Waals surface area (Å²) in [6, 6.07) is 3.82. The summed E-state index contributed by atoms with van der Waals surface area (Å²) in [6.07, 6.45) is 0. The van der Waals surface area contributed by atoms with Crippen LogP contribution in [-0.4, -0.2) is 10.2 Å². The summed E-state index contributed by atoms with van der Waals surface area (Å²) in [4.78, 5) is 0. The molecular formula is C9H10ClN3. The van der Waals surface area contributed by atoms with Crippen LogP contribution in [0.4, 0.5) is 0 Å². The normalized spacial score (nSPS) is 11.0. The van der Waals surface area contributed by atoms with Gasteiger partial charge in [-0.2, -0.15) is 5.10 Å². The summed E-state index contributed by atoms with van der Waals surface area (Å²) in [6.45, 7) is 2.43. The minimum atomic E-state index is 0.430. The topological polar surface area (TPSA) is 54.7 Å². The third kappa shape index (κ3) is 1.20. The van der Waals surface area contributed by atoms with E-state index in [1.807, 2.05) is 19.1 Å². The van der Waals surface area contributed by atoms with Crippen molar-refractivity contribution in [3.05, 3.63) is 28.4 Å². The molecular weight excluding hydrogens is 186 g/mol. The molecule has 0 aliphatic heterocycles. The molecule has 2 aromatic rings. The largest absolute Gasteiger partial charge is 0.325 e. The number of aryl methyl sites for hydroxylation is 1. The molecule has 1 aromatic carbocycles. The predicted octanol–water partition coefficient (Wildman–Crippen LogP) is 1.98. The van der Waals surface area contributed by atoms with Crippen LogP contribution in [0, 0.1) is 6.92 Å². The second-order valence-corrected chi connectivity index (χ2v) is 3.40. The van der Waals surface area contributed by atoms with Crippen LogP contribution in [0.15, 0.2) is 12.1 Å². The molecule has 4 heteroatoms. The van der Waals surface area contributed by atoms with E-state index in [1.165, 1.54) is 0 Å². The van der Waals surface area contributed by atoms with E-state index in [-0.39, 0.29) is 0 Å². The van der Waals surface area contributed by atoms with Gasteiger partial charge in [0.2, 0.25) is 0 Å². The quantitative estimate of drug-likeness (QED) is 0.731. The molecule has 13 heavy (non-hydrogen) atoms. The van der Waals surface area contributed by atoms with Crippen molar-refractivity contribution in [2.45, 2.75) is 13.5 Å². The van der Waals surface area contributed by atoms with Crippen molar-refractivity contribution in [3.63, 3.8) is 0 Å². The van der Waals surface area contributed by atoms with Crippen molar-refractivity contribution in [2.24, 2.45) is 5.73 Å². The molecule has 0 saturated carbocycles. The molecule has 68 valence electrons. The lowest BCUT2D eigenvalue weighted by molar-refractivity contribution is 0.958. The Morgan fingerprint density at radius 1 is 1.54 bits per heavy atom. The fraction of sp³-hybridized carbons (Fsp3) is 0.222. The number of halogens is 1. The maximum Gasteiger partial charge on any atom is 0.0968 e. The standard InChI is InChI=1S/C9H10ClN3/c1-5-2-3-6(10)8-7(4-11)12-13-9(5)8/h2-3H,4,11H2,1H3,(H,12,13). The number of aromatic nitrogens is 2. The lowest BCUT2D eigenvalue weighted by atomic mass is 10.1. The van der Waals surface area contributed by atoms with Gasteiger partial charge in [-0.1, -0.05) is 17.7 Å². The van der Waals surface area contributed by atoms with Crippen molar-refractivity contribution < 1.29 is 0 Å². The highest BCUT2D eigenvalue weighted by Crippen LogP contribution is 2.27. The fourth-order valence-corrected chi connectivity index (χ4v) is 1.70. The first kappa shape index (κ1) is 8.53. The highest BCUT2D eigenvalue weighted by atomic mass is 35.5. The molecule has 0 spiro atoms. The summed E-state index contributed by atoms with van der Waals surface area (Å²) in [7, 11) is 0. The monoisotopic (exact) mass is 195 g/mol. The summed E-state index contributed by atoms with van der Waals surface area (Å²) in [5.74, 6) is 0. The maximum absolute atomic E-state index is 6.04. The molecule has 3 N–H and O–H groups in total. The zero-order chi connectivity index (χ0) is 9.42. The van der Waals surface area contributed by atoms with Crippen molar-refractivity contribution in [1.82, 2.24) is 10.2 Å². The summed E-state index contributed by atoms with van der Waals surface area (Å²) >= 11 is 6.04. The van der Waals surface area contributed by atoms with Crippen LogP contribution in [0.3, 0.4) is 0 Å². The number of hydrogen-bond donors (Lipinski definition) is 2. The first-order valence-corrected chi connectivity index (χ1v) is 4.44. The first-order valence-electron chi connectivity index (χ1n) is 4.06. The van der Waals surface area contributed by atoms with E-state index in [9.17, 15) is 0 Å². The Balaban J connectivity index is 2.87. The van der Waals surface area contributed by atoms with Gasteiger partial charge in [0.15, 0.2) is 0 Å². The second-order valence-electron chi connectivity index (χ2n) is 2.99. The zero-order valence-corrected chi connectivity index (χ0v) is 8.02. The van der Waals surface area contributed by atoms with E-state index >= 15 is 0 Å². The number of H-pyrrole nitrogens is 1. The Bertz CT molecular complexity index is 447. The molecule has 0 saturated heterocycles. The molecule has 0 aliphatic carbocycles. The lowest BCUT2D eigenvalue weighted by Gasteiger charge is -1.98. The first-order chi connectivity index (χ1) is 6.24. The molecule has 0 bridgehead atoms. The molecule has 1 heterocycles. The van der Waals surface area contributed by atoms with Crippen LogP contribution in [0.5, 0.6) is 0 Å². The van der Waals surface area contributed by atoms with Crippen LogP contribution in [0.2, 0.25) is 5.02 Å². The van der Waals surface area contributed by atoms with Gasteiger partial charge in [0.25, 0.3) is 0 Å². The van der Waals surface area contributed by atoms with Crippen LogP contribution in [-0.2, 0) is 6.54 Å². The third-order valence-corrected chi connectivity index (χ3v) is 2.45. The Morgan fingerprint density at radius 2 is 2.31 bits per heavy atom. The van der Waals surface area contributed by atoms with E-state index in [0.29, 0.717) is 11.6 Å². The van der Waals surface area contributed by atoms with Crippen molar-refractivity contribution >= 4 is 22.5 Å². The number of fused-ring (bicyclic) bond motifs is 1. The number of nitrogens with zero attached hydrogens (tertiary/aromatic N) is 1. The SMILES string of the molecule is Cc1ccc(Cl)c2c(CN)[nH]nc12. The Labute approximate surface area is 80.9 Å². The minimum absolute atomic E-state index is 0.430. The molecule has 0 unspecified atom stereocenters. The molecule has 0 radical (unpaired) electrons. The fourth-order valence-electron chi connectivity index (χ4n) is 1.43. The van der Waals surface area contributed by atoms with Crippen LogP contribution < -0.4 is 5.73 Å². The summed E-state index contributed by atoms with van der Waals surface area (Å²) in [5.41, 5.74) is 8.46. The number of aromatic amines is 1. The van der Waals surface area contributed by atoms with Gasteiger partial charge in [-0.3, -0.25) is 5.10 Å². The van der Waals surface area contributed by atoms with Crippen LogP contribution in [0.1, 0.15) is 11.3 Å². The summed E-state index contributed by atoms with van der Waals surface area (Å²) in [5, 5.41) is 8.70. The average Bonchev–Trinajstić information content (AvgIpc) is 2.56. The molecule has 0 fully saturated rings. The van der Waals surface area contributed by atoms with Gasteiger partial charge in [0.1, 0.15) is 0 Å². The number of nitrogens with one attached hydrogen (secondary N) is 1. The molecule has 0 amide bonds. The Kier molecular flexibility index (Phi) is 1.98. The second kappa shape index (κ2) is 3.01. The van der Waals surface area contributed by atoms with Crippen LogP contribution in [0.25, 0.3) is 10.9 Å². The smallest absolute Gasteiger partial charge is 0.0968 e. The van der Waals surface area contributed by atoms with Gasteiger partial charge in [0, 0.05) is 11.9 Å². The molecule has 2 rings (SSSR count). The lowest BCUT2D eigenvalue weighted by Crippen LogP contribution is -1.96. The molecule has 0 aliphatic rings. The van der Waals surface area contributed by atoms with Crippen molar-refractivity contribution in [3.8, 4) is 0 Å². The molecule has 3 nitrogen and oxygen atoms in total. The zero-order valence-electron chi connectivity index (χ0n) is 7.26. The minimum Gasteiger partial charge on any atom is -0.325 e. The number of nitrogens with two attached hydrogens (primary N) is 1. The predicted molar refractivity (Wildman–Crippen MR) is 53.7 cm³/mol. The van der Waals surface area contributed by atoms with Crippen molar-refractivity contribution in [2.75, 3.05) is 0 Å². The van der Waals surface area contributed by atoms with Gasteiger partial charge in [-0.15, -0.1) is 0 Å². The van der Waals surface area contributed by atoms with Gasteiger partial charge >= 0.3 is 0 Å². The number of hydrogen-bond acceptors (Lipinski definition) is 2. The average molecular weight is 196 g/mol. The van der Waals surface area contributed by atoms with E-state index < -0.39 is 0 Å². The highest BCUT2D eigenvalue weighted by Gasteiger charge is 2.09. The Morgan fingerprint density at radius 3 is 3.00 bits per heavy atom. The molecule has 0 atom stereocenters. The number of benzene rings is 1. The van der Waals surface area contributed by atoms with E-state index in [1.54, 1.807) is 0 Å². The molecule has 1 aromatic heterocycles. The Hall–Kier alpha value is -1.06. The van der Waals surface area contributed by atoms with Crippen molar-refractivity contribution in [1.29, 1.82) is 0 Å².